The first-order valence-electron chi connectivity index (χ1n) is 8.66. The van der Waals surface area contributed by atoms with Crippen LogP contribution in [0.4, 0.5) is 0 Å². The van der Waals surface area contributed by atoms with Crippen molar-refractivity contribution in [3.05, 3.63) is 28.8 Å². The number of carbonyl (C=O) groups excluding carboxylic acids is 3. The minimum atomic E-state index is -3.87. The lowest BCUT2D eigenvalue weighted by Crippen LogP contribution is -2.44. The molecule has 0 aliphatic rings. The van der Waals surface area contributed by atoms with Gasteiger partial charge in [-0.3, -0.25) is 4.79 Å². The molecule has 1 rings (SSSR count). The highest BCUT2D eigenvalue weighted by molar-refractivity contribution is 7.89. The lowest BCUT2D eigenvalue weighted by molar-refractivity contribution is -0.145. The topological polar surface area (TPSA) is 119 Å². The van der Waals surface area contributed by atoms with E-state index in [4.69, 9.17) is 16.3 Å². The molecule has 0 saturated heterocycles. The first kappa shape index (κ1) is 24.9. The molecule has 11 heteroatoms. The van der Waals surface area contributed by atoms with Crippen LogP contribution in [0.5, 0.6) is 0 Å². The zero-order valence-corrected chi connectivity index (χ0v) is 18.5. The maximum Gasteiger partial charge on any atom is 0.338 e. The van der Waals surface area contributed by atoms with Crippen molar-refractivity contribution >= 4 is 39.5 Å². The Bertz CT molecular complexity index is 869. The van der Waals surface area contributed by atoms with Crippen LogP contribution in [-0.2, 0) is 29.1 Å². The van der Waals surface area contributed by atoms with Crippen LogP contribution in [0.25, 0.3) is 0 Å². The Morgan fingerprint density at radius 3 is 2.34 bits per heavy atom. The Kier molecular flexibility index (Phi) is 9.06. The maximum atomic E-state index is 12.3. The van der Waals surface area contributed by atoms with E-state index in [0.29, 0.717) is 6.42 Å². The smallest absolute Gasteiger partial charge is 0.338 e. The minimum Gasteiger partial charge on any atom is -0.467 e. The van der Waals surface area contributed by atoms with Crippen molar-refractivity contribution in [2.75, 3.05) is 27.8 Å². The Hall–Kier alpha value is -2.17. The van der Waals surface area contributed by atoms with Crippen molar-refractivity contribution in [1.29, 1.82) is 0 Å². The highest BCUT2D eigenvalue weighted by Crippen LogP contribution is 2.25. The van der Waals surface area contributed by atoms with E-state index in [1.165, 1.54) is 33.3 Å². The normalized spacial score (nSPS) is 12.6. The highest BCUT2D eigenvalue weighted by Gasteiger charge is 2.25. The number of rotatable bonds is 9. The molecule has 0 aromatic heterocycles. The number of amides is 1. The standard InChI is InChI=1S/C18H25ClN2O7S/c1-11(2)8-14(18(24)27-5)20-16(22)10-28-17(23)12-6-7-13(19)15(9-12)29(25,26)21(3)4/h6-7,9,11,14H,8,10H2,1-5H3,(H,20,22). The second kappa shape index (κ2) is 10.6. The number of halogens is 1. The minimum absolute atomic E-state index is 0.0531. The molecule has 1 atom stereocenters. The van der Waals surface area contributed by atoms with Gasteiger partial charge in [0.05, 0.1) is 17.7 Å². The quantitative estimate of drug-likeness (QED) is 0.568. The second-order valence-corrected chi connectivity index (χ2v) is 9.31. The lowest BCUT2D eigenvalue weighted by atomic mass is 10.0. The van der Waals surface area contributed by atoms with E-state index in [1.807, 2.05) is 13.8 Å². The number of benzene rings is 1. The van der Waals surface area contributed by atoms with Gasteiger partial charge in [0.2, 0.25) is 10.0 Å². The summed E-state index contributed by atoms with van der Waals surface area (Å²) in [7, 11) is -0.00331. The van der Waals surface area contributed by atoms with E-state index in [1.54, 1.807) is 0 Å². The van der Waals surface area contributed by atoms with Gasteiger partial charge < -0.3 is 14.8 Å². The largest absolute Gasteiger partial charge is 0.467 e. The summed E-state index contributed by atoms with van der Waals surface area (Å²) in [5.74, 6) is -2.09. The number of nitrogens with one attached hydrogen (secondary N) is 1. The monoisotopic (exact) mass is 448 g/mol. The third-order valence-electron chi connectivity index (χ3n) is 3.79. The number of ether oxygens (including phenoxy) is 2. The number of sulfonamides is 1. The summed E-state index contributed by atoms with van der Waals surface area (Å²) in [6, 6.07) is 2.75. The van der Waals surface area contributed by atoms with Crippen molar-refractivity contribution in [1.82, 2.24) is 9.62 Å². The molecule has 1 amide bonds. The third-order valence-corrected chi connectivity index (χ3v) is 6.08. The van der Waals surface area contributed by atoms with Crippen LogP contribution in [0.2, 0.25) is 5.02 Å². The van der Waals surface area contributed by atoms with Crippen molar-refractivity contribution in [2.45, 2.75) is 31.2 Å². The van der Waals surface area contributed by atoms with Gasteiger partial charge in [0.1, 0.15) is 10.9 Å². The molecule has 1 aromatic carbocycles. The fourth-order valence-corrected chi connectivity index (χ4v) is 3.70. The average Bonchev–Trinajstić information content (AvgIpc) is 2.64. The Morgan fingerprint density at radius 1 is 1.21 bits per heavy atom. The summed E-state index contributed by atoms with van der Waals surface area (Å²) in [6.07, 6.45) is 0.356. The molecule has 162 valence electrons. The Morgan fingerprint density at radius 2 is 1.83 bits per heavy atom. The Balaban J connectivity index is 2.85. The zero-order chi connectivity index (χ0) is 22.4. The van der Waals surface area contributed by atoms with Gasteiger partial charge in [-0.25, -0.2) is 22.3 Å². The van der Waals surface area contributed by atoms with Crippen molar-refractivity contribution in [3.63, 3.8) is 0 Å². The molecule has 0 aliphatic carbocycles. The summed E-state index contributed by atoms with van der Waals surface area (Å²) in [6.45, 7) is 3.10. The first-order chi connectivity index (χ1) is 13.4. The zero-order valence-electron chi connectivity index (χ0n) is 16.9. The van der Waals surface area contributed by atoms with Gasteiger partial charge in [0.15, 0.2) is 6.61 Å². The van der Waals surface area contributed by atoms with Gasteiger partial charge in [0.25, 0.3) is 5.91 Å². The van der Waals surface area contributed by atoms with Gasteiger partial charge in [-0.2, -0.15) is 0 Å². The molecule has 9 nitrogen and oxygen atoms in total. The summed E-state index contributed by atoms with van der Waals surface area (Å²) < 4.78 is 35.1. The summed E-state index contributed by atoms with van der Waals surface area (Å²) in [4.78, 5) is 35.7. The molecule has 0 bridgehead atoms. The highest BCUT2D eigenvalue weighted by atomic mass is 35.5. The number of methoxy groups -OCH3 is 1. The van der Waals surface area contributed by atoms with Crippen LogP contribution in [-0.4, -0.2) is 64.4 Å². The molecule has 0 fully saturated rings. The van der Waals surface area contributed by atoms with Crippen LogP contribution in [0.15, 0.2) is 23.1 Å². The number of hydrogen-bond acceptors (Lipinski definition) is 7. The summed E-state index contributed by atoms with van der Waals surface area (Å²) >= 11 is 5.93. The first-order valence-corrected chi connectivity index (χ1v) is 10.5. The Labute approximate surface area is 175 Å². The van der Waals surface area contributed by atoms with Crippen LogP contribution < -0.4 is 5.32 Å². The van der Waals surface area contributed by atoms with E-state index in [-0.39, 0.29) is 21.4 Å². The fraction of sp³-hybridized carbons (Fsp3) is 0.500. The maximum absolute atomic E-state index is 12.3. The predicted molar refractivity (Wildman–Crippen MR) is 106 cm³/mol. The van der Waals surface area contributed by atoms with Crippen LogP contribution in [0, 0.1) is 5.92 Å². The molecular formula is C18H25ClN2O7S. The molecule has 0 spiro atoms. The van der Waals surface area contributed by atoms with E-state index in [9.17, 15) is 22.8 Å². The molecule has 1 N–H and O–H groups in total. The molecule has 0 radical (unpaired) electrons. The van der Waals surface area contributed by atoms with E-state index in [0.717, 1.165) is 10.4 Å². The van der Waals surface area contributed by atoms with Gasteiger partial charge in [-0.1, -0.05) is 25.4 Å². The number of carbonyl (C=O) groups is 3. The summed E-state index contributed by atoms with van der Waals surface area (Å²) in [5, 5.41) is 2.40. The van der Waals surface area contributed by atoms with Gasteiger partial charge in [-0.05, 0) is 30.5 Å². The molecule has 29 heavy (non-hydrogen) atoms. The number of nitrogens with zero attached hydrogens (tertiary/aromatic N) is 1. The van der Waals surface area contributed by atoms with Gasteiger partial charge in [0, 0.05) is 14.1 Å². The van der Waals surface area contributed by atoms with Crippen LogP contribution >= 0.6 is 11.6 Å². The molecule has 0 aliphatic heterocycles. The van der Waals surface area contributed by atoms with Crippen molar-refractivity contribution in [3.8, 4) is 0 Å². The predicted octanol–water partition coefficient (Wildman–Crippen LogP) is 1.45. The third kappa shape index (κ3) is 6.98. The van der Waals surface area contributed by atoms with Crippen LogP contribution in [0.3, 0.4) is 0 Å². The molecule has 1 aromatic rings. The molecular weight excluding hydrogens is 424 g/mol. The molecule has 1 unspecified atom stereocenters. The number of esters is 2. The fourth-order valence-electron chi connectivity index (χ4n) is 2.30. The van der Waals surface area contributed by atoms with Crippen molar-refractivity contribution < 1.29 is 32.3 Å². The van der Waals surface area contributed by atoms with Gasteiger partial charge in [-0.15, -0.1) is 0 Å². The van der Waals surface area contributed by atoms with E-state index >= 15 is 0 Å². The van der Waals surface area contributed by atoms with Crippen LogP contribution in [0.1, 0.15) is 30.6 Å². The van der Waals surface area contributed by atoms with Gasteiger partial charge >= 0.3 is 11.9 Å². The lowest BCUT2D eigenvalue weighted by Gasteiger charge is -2.18. The SMILES string of the molecule is COC(=O)C(CC(C)C)NC(=O)COC(=O)c1ccc(Cl)c(S(=O)(=O)N(C)C)c1. The second-order valence-electron chi connectivity index (χ2n) is 6.78. The molecule has 0 saturated carbocycles. The summed E-state index contributed by atoms with van der Waals surface area (Å²) in [5.41, 5.74) is -0.0886. The average molecular weight is 449 g/mol. The van der Waals surface area contributed by atoms with Crippen molar-refractivity contribution in [2.24, 2.45) is 5.92 Å². The van der Waals surface area contributed by atoms with E-state index < -0.39 is 40.5 Å². The van der Waals surface area contributed by atoms with E-state index in [2.05, 4.69) is 10.1 Å². The molecule has 0 heterocycles. The number of hydrogen-bond donors (Lipinski definition) is 1.